The largest absolute Gasteiger partial charge is 0.444 e. The van der Waals surface area contributed by atoms with Crippen LogP contribution in [0, 0.1) is 0 Å². The van der Waals surface area contributed by atoms with Crippen molar-refractivity contribution in [3.8, 4) is 0 Å². The van der Waals surface area contributed by atoms with Crippen molar-refractivity contribution >= 4 is 6.09 Å². The molecule has 5 nitrogen and oxygen atoms in total. The van der Waals surface area contributed by atoms with Crippen LogP contribution in [0.5, 0.6) is 0 Å². The molecule has 0 spiro atoms. The molecule has 31 heavy (non-hydrogen) atoms. The second-order valence-corrected chi connectivity index (χ2v) is 10.4. The van der Waals surface area contributed by atoms with Gasteiger partial charge in [-0.05, 0) is 47.5 Å². The van der Waals surface area contributed by atoms with Crippen LogP contribution in [0.2, 0.25) is 0 Å². The van der Waals surface area contributed by atoms with Gasteiger partial charge in [-0.15, -0.1) is 0 Å². The summed E-state index contributed by atoms with van der Waals surface area (Å²) in [5.41, 5.74) is -1.41. The zero-order valence-corrected chi connectivity index (χ0v) is 21.1. The lowest BCUT2D eigenvalue weighted by molar-refractivity contribution is -0.0724. The summed E-state index contributed by atoms with van der Waals surface area (Å²) in [6, 6.07) is -0.432. The van der Waals surface area contributed by atoms with E-state index >= 15 is 0 Å². The van der Waals surface area contributed by atoms with Crippen LogP contribution in [0.25, 0.3) is 0 Å². The highest BCUT2D eigenvalue weighted by atomic mass is 16.6. The average molecular weight is 440 g/mol. The number of carbonyl (C=O) groups excluding carboxylic acids is 1. The molecule has 0 bridgehead atoms. The first-order chi connectivity index (χ1) is 14.6. The van der Waals surface area contributed by atoms with E-state index in [1.807, 2.05) is 40.7 Å². The van der Waals surface area contributed by atoms with Crippen LogP contribution in [0.4, 0.5) is 4.79 Å². The van der Waals surface area contributed by atoms with Crippen molar-refractivity contribution in [1.29, 1.82) is 0 Å². The van der Waals surface area contributed by atoms with Gasteiger partial charge in [-0.1, -0.05) is 83.3 Å². The number of aliphatic hydroxyl groups excluding tert-OH is 1. The Morgan fingerprint density at radius 3 is 2.00 bits per heavy atom. The van der Waals surface area contributed by atoms with Crippen LogP contribution >= 0.6 is 0 Å². The summed E-state index contributed by atoms with van der Waals surface area (Å²) in [6.45, 7) is 11.3. The molecule has 0 aliphatic carbocycles. The molecule has 1 amide bonds. The van der Waals surface area contributed by atoms with Crippen molar-refractivity contribution in [3.05, 3.63) is 12.2 Å². The van der Waals surface area contributed by atoms with Crippen molar-refractivity contribution in [2.45, 2.75) is 142 Å². The molecule has 2 atom stereocenters. The lowest BCUT2D eigenvalue weighted by Crippen LogP contribution is -2.51. The molecule has 1 fully saturated rings. The van der Waals surface area contributed by atoms with E-state index in [4.69, 9.17) is 9.47 Å². The lowest BCUT2D eigenvalue weighted by atomic mass is 10.0. The number of ether oxygens (including phenoxy) is 2. The monoisotopic (exact) mass is 439 g/mol. The van der Waals surface area contributed by atoms with Crippen LogP contribution in [-0.4, -0.2) is 46.2 Å². The van der Waals surface area contributed by atoms with Gasteiger partial charge in [-0.3, -0.25) is 4.90 Å². The second kappa shape index (κ2) is 14.2. The third-order valence-electron chi connectivity index (χ3n) is 5.79. The van der Waals surface area contributed by atoms with Crippen molar-refractivity contribution in [2.24, 2.45) is 0 Å². The molecule has 1 aliphatic rings. The Bertz CT molecular complexity index is 524. The maximum atomic E-state index is 12.7. The molecule has 1 unspecified atom stereocenters. The molecule has 1 aliphatic heterocycles. The Morgan fingerprint density at radius 1 is 1.00 bits per heavy atom. The van der Waals surface area contributed by atoms with E-state index in [2.05, 4.69) is 13.0 Å². The van der Waals surface area contributed by atoms with Crippen LogP contribution in [-0.2, 0) is 9.47 Å². The molecule has 5 heteroatoms. The summed E-state index contributed by atoms with van der Waals surface area (Å²) in [5.74, 6) is 0. The van der Waals surface area contributed by atoms with Gasteiger partial charge in [0.15, 0.2) is 0 Å². The topological polar surface area (TPSA) is 59.0 Å². The molecular formula is C26H49NO4. The van der Waals surface area contributed by atoms with Crippen LogP contribution in [0.3, 0.4) is 0 Å². The number of hydrogen-bond donors (Lipinski definition) is 1. The Balaban J connectivity index is 2.30. The Hall–Kier alpha value is -1.07. The highest BCUT2D eigenvalue weighted by Gasteiger charge is 2.50. The minimum absolute atomic E-state index is 0.157. The van der Waals surface area contributed by atoms with Crippen LogP contribution in [0.15, 0.2) is 12.2 Å². The predicted molar refractivity (Wildman–Crippen MR) is 128 cm³/mol. The number of rotatable bonds is 14. The van der Waals surface area contributed by atoms with Crippen molar-refractivity contribution in [3.63, 3.8) is 0 Å². The van der Waals surface area contributed by atoms with E-state index in [0.717, 1.165) is 6.42 Å². The Kier molecular flexibility index (Phi) is 12.8. The number of carbonyl (C=O) groups is 1. The molecule has 0 aromatic heterocycles. The highest BCUT2D eigenvalue weighted by molar-refractivity contribution is 5.70. The quantitative estimate of drug-likeness (QED) is 0.234. The number of amides is 1. The SMILES string of the molecule is CCCCCCCCCCCCC/C=C/[C@@H]1OC(C)(C)N(C(=O)OC(C)(C)C)C1CO. The van der Waals surface area contributed by atoms with Gasteiger partial charge in [-0.25, -0.2) is 4.79 Å². The first-order valence-electron chi connectivity index (χ1n) is 12.6. The maximum Gasteiger partial charge on any atom is 0.413 e. The highest BCUT2D eigenvalue weighted by Crippen LogP contribution is 2.34. The van der Waals surface area contributed by atoms with Gasteiger partial charge >= 0.3 is 6.09 Å². The Labute approximate surface area is 191 Å². The molecule has 0 saturated carbocycles. The zero-order chi connectivity index (χ0) is 23.3. The van der Waals surface area contributed by atoms with Gasteiger partial charge in [0, 0.05) is 0 Å². The fourth-order valence-electron chi connectivity index (χ4n) is 4.19. The maximum absolute atomic E-state index is 12.7. The van der Waals surface area contributed by atoms with Gasteiger partial charge in [0.2, 0.25) is 0 Å². The summed E-state index contributed by atoms with van der Waals surface area (Å²) in [7, 11) is 0. The first-order valence-corrected chi connectivity index (χ1v) is 12.6. The molecule has 182 valence electrons. The zero-order valence-electron chi connectivity index (χ0n) is 21.1. The van der Waals surface area contributed by atoms with Gasteiger partial charge in [0.1, 0.15) is 17.4 Å². The summed E-state index contributed by atoms with van der Waals surface area (Å²) in [5, 5.41) is 9.93. The third-order valence-corrected chi connectivity index (χ3v) is 5.79. The summed E-state index contributed by atoms with van der Waals surface area (Å²) in [4.78, 5) is 14.2. The van der Waals surface area contributed by atoms with Gasteiger partial charge in [0.05, 0.1) is 12.6 Å². The lowest BCUT2D eigenvalue weighted by Gasteiger charge is -2.34. The standard InChI is InChI=1S/C26H49NO4/c1-7-8-9-10-11-12-13-14-15-16-17-18-19-20-23-22(21-28)27(26(5,6)30-23)24(29)31-25(2,3)4/h19-20,22-23,28H,7-18,21H2,1-6H3/b20-19+/t22?,23-/m0/s1. The predicted octanol–water partition coefficient (Wildman–Crippen LogP) is 6.98. The van der Waals surface area contributed by atoms with E-state index in [1.54, 1.807) is 0 Å². The number of hydrogen-bond acceptors (Lipinski definition) is 4. The molecule has 1 N–H and O–H groups in total. The number of unbranched alkanes of at least 4 members (excludes halogenated alkanes) is 11. The van der Waals surface area contributed by atoms with Crippen LogP contribution in [0.1, 0.15) is 119 Å². The fourth-order valence-corrected chi connectivity index (χ4v) is 4.19. The third kappa shape index (κ3) is 10.9. The molecule has 0 aromatic carbocycles. The number of nitrogens with zero attached hydrogens (tertiary/aromatic N) is 1. The van der Waals surface area contributed by atoms with E-state index in [0.29, 0.717) is 0 Å². The molecule has 0 radical (unpaired) electrons. The molecule has 1 rings (SSSR count). The van der Waals surface area contributed by atoms with Gasteiger partial charge < -0.3 is 14.6 Å². The number of aliphatic hydroxyl groups is 1. The van der Waals surface area contributed by atoms with E-state index < -0.39 is 23.5 Å². The van der Waals surface area contributed by atoms with E-state index in [1.165, 1.54) is 75.5 Å². The summed E-state index contributed by atoms with van der Waals surface area (Å²) >= 11 is 0. The first kappa shape index (κ1) is 28.0. The van der Waals surface area contributed by atoms with Crippen molar-refractivity contribution in [1.82, 2.24) is 4.90 Å². The Morgan fingerprint density at radius 2 is 1.52 bits per heavy atom. The molecule has 0 aromatic rings. The summed E-state index contributed by atoms with van der Waals surface area (Å²) < 4.78 is 11.6. The molecule has 1 saturated heterocycles. The minimum Gasteiger partial charge on any atom is -0.444 e. The van der Waals surface area contributed by atoms with Gasteiger partial charge in [-0.2, -0.15) is 0 Å². The van der Waals surface area contributed by atoms with Crippen molar-refractivity contribution in [2.75, 3.05) is 6.61 Å². The fraction of sp³-hybridized carbons (Fsp3) is 0.885. The smallest absolute Gasteiger partial charge is 0.413 e. The second-order valence-electron chi connectivity index (χ2n) is 10.4. The molecule has 1 heterocycles. The van der Waals surface area contributed by atoms with Crippen LogP contribution < -0.4 is 0 Å². The minimum atomic E-state index is -0.818. The van der Waals surface area contributed by atoms with Crippen molar-refractivity contribution < 1.29 is 19.4 Å². The normalized spacial score (nSPS) is 21.2. The molecular weight excluding hydrogens is 390 g/mol. The van der Waals surface area contributed by atoms with E-state index in [-0.39, 0.29) is 12.7 Å². The van der Waals surface area contributed by atoms with E-state index in [9.17, 15) is 9.90 Å². The average Bonchev–Trinajstić information content (AvgIpc) is 2.93. The van der Waals surface area contributed by atoms with Gasteiger partial charge in [0.25, 0.3) is 0 Å². The summed E-state index contributed by atoms with van der Waals surface area (Å²) in [6.07, 6.45) is 19.1. The number of allylic oxidation sites excluding steroid dienone is 1.